The van der Waals surface area contributed by atoms with Gasteiger partial charge in [0.25, 0.3) is 0 Å². The quantitative estimate of drug-likeness (QED) is 0.721. The van der Waals surface area contributed by atoms with Gasteiger partial charge in [0.1, 0.15) is 0 Å². The molecule has 1 atom stereocenters. The first kappa shape index (κ1) is 13.2. The molecule has 2 amide bonds. The number of nitrogens with two attached hydrogens (primary N) is 1. The standard InChI is InChI=1S/C12H17N3O2/c1-8(14-12(17)7-13)10-4-3-5-11(6-10)15-9(2)16/h3-6,8H,7,13H2,1-2H3,(H,14,17)(H,15,16). The summed E-state index contributed by atoms with van der Waals surface area (Å²) in [6.07, 6.45) is 0. The minimum absolute atomic E-state index is 0.0320. The molecular formula is C12H17N3O2. The SMILES string of the molecule is CC(=O)Nc1cccc(C(C)NC(=O)CN)c1. The minimum Gasteiger partial charge on any atom is -0.348 e. The Bertz CT molecular complexity index is 418. The molecular weight excluding hydrogens is 218 g/mol. The van der Waals surface area contributed by atoms with E-state index in [4.69, 9.17) is 5.73 Å². The molecule has 1 rings (SSSR count). The van der Waals surface area contributed by atoms with E-state index in [0.29, 0.717) is 5.69 Å². The zero-order chi connectivity index (χ0) is 12.8. The van der Waals surface area contributed by atoms with Crippen LogP contribution in [0.4, 0.5) is 5.69 Å². The van der Waals surface area contributed by atoms with Crippen LogP contribution in [0.25, 0.3) is 0 Å². The smallest absolute Gasteiger partial charge is 0.234 e. The molecule has 0 aromatic heterocycles. The fourth-order valence-corrected chi connectivity index (χ4v) is 1.47. The normalized spacial score (nSPS) is 11.7. The van der Waals surface area contributed by atoms with Gasteiger partial charge < -0.3 is 16.4 Å². The lowest BCUT2D eigenvalue weighted by Gasteiger charge is -2.14. The summed E-state index contributed by atoms with van der Waals surface area (Å²) in [7, 11) is 0. The second-order valence-electron chi connectivity index (χ2n) is 3.80. The summed E-state index contributed by atoms with van der Waals surface area (Å²) in [6.45, 7) is 3.28. The van der Waals surface area contributed by atoms with Gasteiger partial charge in [-0.3, -0.25) is 9.59 Å². The average molecular weight is 235 g/mol. The van der Waals surface area contributed by atoms with Gasteiger partial charge in [0.05, 0.1) is 12.6 Å². The van der Waals surface area contributed by atoms with Crippen LogP contribution >= 0.6 is 0 Å². The Morgan fingerprint density at radius 2 is 2.12 bits per heavy atom. The number of rotatable bonds is 4. The number of amides is 2. The molecule has 1 unspecified atom stereocenters. The summed E-state index contributed by atoms with van der Waals surface area (Å²) in [5.74, 6) is -0.330. The van der Waals surface area contributed by atoms with E-state index in [-0.39, 0.29) is 24.4 Å². The molecule has 1 aromatic carbocycles. The van der Waals surface area contributed by atoms with E-state index in [2.05, 4.69) is 10.6 Å². The van der Waals surface area contributed by atoms with E-state index < -0.39 is 0 Å². The minimum atomic E-state index is -0.206. The number of anilines is 1. The van der Waals surface area contributed by atoms with Crippen LogP contribution in [0.1, 0.15) is 25.5 Å². The van der Waals surface area contributed by atoms with Crippen LogP contribution in [0, 0.1) is 0 Å². The predicted molar refractivity (Wildman–Crippen MR) is 66.4 cm³/mol. The van der Waals surface area contributed by atoms with Crippen LogP contribution in [-0.2, 0) is 9.59 Å². The maximum Gasteiger partial charge on any atom is 0.234 e. The van der Waals surface area contributed by atoms with Crippen molar-refractivity contribution in [2.24, 2.45) is 5.73 Å². The number of carbonyl (C=O) groups is 2. The highest BCUT2D eigenvalue weighted by Gasteiger charge is 2.08. The molecule has 5 heteroatoms. The van der Waals surface area contributed by atoms with Crippen LogP contribution in [0.2, 0.25) is 0 Å². The highest BCUT2D eigenvalue weighted by atomic mass is 16.2. The molecule has 0 spiro atoms. The van der Waals surface area contributed by atoms with Crippen molar-refractivity contribution in [2.45, 2.75) is 19.9 Å². The van der Waals surface area contributed by atoms with Gasteiger partial charge in [-0.1, -0.05) is 12.1 Å². The fraction of sp³-hybridized carbons (Fsp3) is 0.333. The Morgan fingerprint density at radius 3 is 2.71 bits per heavy atom. The Kier molecular flexibility index (Phi) is 4.66. The van der Waals surface area contributed by atoms with E-state index in [1.54, 1.807) is 6.07 Å². The van der Waals surface area contributed by atoms with E-state index in [1.807, 2.05) is 25.1 Å². The number of carbonyl (C=O) groups excluding carboxylic acids is 2. The number of nitrogens with one attached hydrogen (secondary N) is 2. The van der Waals surface area contributed by atoms with Crippen molar-refractivity contribution in [3.8, 4) is 0 Å². The molecule has 5 nitrogen and oxygen atoms in total. The highest BCUT2D eigenvalue weighted by Crippen LogP contribution is 2.17. The summed E-state index contributed by atoms with van der Waals surface area (Å²) >= 11 is 0. The van der Waals surface area contributed by atoms with Crippen molar-refractivity contribution >= 4 is 17.5 Å². The van der Waals surface area contributed by atoms with Crippen LogP contribution in [-0.4, -0.2) is 18.4 Å². The third kappa shape index (κ3) is 4.24. The second-order valence-corrected chi connectivity index (χ2v) is 3.80. The Morgan fingerprint density at radius 1 is 1.41 bits per heavy atom. The van der Waals surface area contributed by atoms with Gasteiger partial charge in [-0.2, -0.15) is 0 Å². The van der Waals surface area contributed by atoms with Crippen LogP contribution in [0.15, 0.2) is 24.3 Å². The number of hydrogen-bond donors (Lipinski definition) is 3. The molecule has 0 aliphatic carbocycles. The molecule has 0 bridgehead atoms. The van der Waals surface area contributed by atoms with E-state index >= 15 is 0 Å². The zero-order valence-electron chi connectivity index (χ0n) is 9.99. The molecule has 0 aliphatic heterocycles. The summed E-state index contributed by atoms with van der Waals surface area (Å²) in [6, 6.07) is 7.18. The number of hydrogen-bond acceptors (Lipinski definition) is 3. The largest absolute Gasteiger partial charge is 0.348 e. The molecule has 0 saturated carbocycles. The third-order valence-corrected chi connectivity index (χ3v) is 2.27. The molecule has 92 valence electrons. The first-order chi connectivity index (χ1) is 8.02. The summed E-state index contributed by atoms with van der Waals surface area (Å²) in [5.41, 5.74) is 6.85. The van der Waals surface area contributed by atoms with Crippen molar-refractivity contribution in [1.29, 1.82) is 0 Å². The van der Waals surface area contributed by atoms with Crippen molar-refractivity contribution in [1.82, 2.24) is 5.32 Å². The Labute approximate surface area is 100 Å². The monoisotopic (exact) mass is 235 g/mol. The summed E-state index contributed by atoms with van der Waals surface area (Å²) in [5, 5.41) is 5.44. The average Bonchev–Trinajstić information content (AvgIpc) is 2.28. The zero-order valence-corrected chi connectivity index (χ0v) is 9.99. The lowest BCUT2D eigenvalue weighted by atomic mass is 10.1. The maximum atomic E-state index is 11.2. The van der Waals surface area contributed by atoms with Gasteiger partial charge in [-0.25, -0.2) is 0 Å². The van der Waals surface area contributed by atoms with Crippen LogP contribution in [0.3, 0.4) is 0 Å². The lowest BCUT2D eigenvalue weighted by Crippen LogP contribution is -2.32. The maximum absolute atomic E-state index is 11.2. The van der Waals surface area contributed by atoms with Gasteiger partial charge in [0.2, 0.25) is 11.8 Å². The van der Waals surface area contributed by atoms with Gasteiger partial charge in [-0.05, 0) is 24.6 Å². The van der Waals surface area contributed by atoms with Crippen molar-refractivity contribution in [3.63, 3.8) is 0 Å². The van der Waals surface area contributed by atoms with Crippen molar-refractivity contribution in [3.05, 3.63) is 29.8 Å². The van der Waals surface area contributed by atoms with Crippen molar-refractivity contribution < 1.29 is 9.59 Å². The molecule has 0 saturated heterocycles. The fourth-order valence-electron chi connectivity index (χ4n) is 1.47. The topological polar surface area (TPSA) is 84.2 Å². The van der Waals surface area contributed by atoms with Gasteiger partial charge in [0, 0.05) is 12.6 Å². The van der Waals surface area contributed by atoms with E-state index in [1.165, 1.54) is 6.92 Å². The first-order valence-corrected chi connectivity index (χ1v) is 5.40. The predicted octanol–water partition coefficient (Wildman–Crippen LogP) is 0.781. The third-order valence-electron chi connectivity index (χ3n) is 2.27. The molecule has 0 heterocycles. The van der Waals surface area contributed by atoms with Gasteiger partial charge >= 0.3 is 0 Å². The Balaban J connectivity index is 2.76. The summed E-state index contributed by atoms with van der Waals surface area (Å²) in [4.78, 5) is 22.1. The molecule has 4 N–H and O–H groups in total. The Hall–Kier alpha value is -1.88. The number of benzene rings is 1. The molecule has 0 radical (unpaired) electrons. The lowest BCUT2D eigenvalue weighted by molar-refractivity contribution is -0.120. The van der Waals surface area contributed by atoms with E-state index in [9.17, 15) is 9.59 Å². The molecule has 0 fully saturated rings. The molecule has 1 aromatic rings. The van der Waals surface area contributed by atoms with Gasteiger partial charge in [-0.15, -0.1) is 0 Å². The first-order valence-electron chi connectivity index (χ1n) is 5.40. The van der Waals surface area contributed by atoms with E-state index in [0.717, 1.165) is 5.56 Å². The van der Waals surface area contributed by atoms with Crippen molar-refractivity contribution in [2.75, 3.05) is 11.9 Å². The second kappa shape index (κ2) is 6.00. The summed E-state index contributed by atoms with van der Waals surface area (Å²) < 4.78 is 0. The highest BCUT2D eigenvalue weighted by molar-refractivity contribution is 5.88. The van der Waals surface area contributed by atoms with Crippen LogP contribution < -0.4 is 16.4 Å². The molecule has 17 heavy (non-hydrogen) atoms. The van der Waals surface area contributed by atoms with Gasteiger partial charge in [0.15, 0.2) is 0 Å². The molecule has 0 aliphatic rings. The van der Waals surface area contributed by atoms with Crippen LogP contribution in [0.5, 0.6) is 0 Å².